The van der Waals surface area contributed by atoms with Crippen molar-refractivity contribution in [2.45, 2.75) is 32.4 Å². The van der Waals surface area contributed by atoms with E-state index >= 15 is 0 Å². The van der Waals surface area contributed by atoms with Gasteiger partial charge in [-0.2, -0.15) is 0 Å². The van der Waals surface area contributed by atoms with Crippen molar-refractivity contribution in [2.24, 2.45) is 0 Å². The fraction of sp³-hybridized carbons (Fsp3) is 0.500. The van der Waals surface area contributed by atoms with Gasteiger partial charge in [0.25, 0.3) is 0 Å². The maximum Gasteiger partial charge on any atom is 0.229 e. The standard InChI is InChI=1S/C18H23FN2O3/c1-12-17(11-21(2)10-14-5-4-8-23-14)20-18(24-12)15-7-6-13(22-3)9-16(15)19/h6-7,9,14H,4-5,8,10-11H2,1-3H3/t14-/m1/s1. The minimum atomic E-state index is -0.408. The number of halogens is 1. The van der Waals surface area contributed by atoms with Crippen molar-refractivity contribution >= 4 is 0 Å². The Labute approximate surface area is 141 Å². The summed E-state index contributed by atoms with van der Waals surface area (Å²) in [6, 6.07) is 4.65. The summed E-state index contributed by atoms with van der Waals surface area (Å²) in [7, 11) is 3.54. The second kappa shape index (κ2) is 7.32. The van der Waals surface area contributed by atoms with Gasteiger partial charge in [0.05, 0.1) is 24.5 Å². The van der Waals surface area contributed by atoms with Crippen molar-refractivity contribution in [1.29, 1.82) is 0 Å². The largest absolute Gasteiger partial charge is 0.497 e. The first kappa shape index (κ1) is 16.9. The molecule has 0 amide bonds. The number of benzene rings is 1. The van der Waals surface area contributed by atoms with Crippen molar-refractivity contribution in [1.82, 2.24) is 9.88 Å². The summed E-state index contributed by atoms with van der Waals surface area (Å²) >= 11 is 0. The molecule has 0 N–H and O–H groups in total. The number of likely N-dealkylation sites (N-methyl/N-ethyl adjacent to an activating group) is 1. The Bertz CT molecular complexity index is 696. The molecule has 6 heteroatoms. The highest BCUT2D eigenvalue weighted by Crippen LogP contribution is 2.27. The lowest BCUT2D eigenvalue weighted by Crippen LogP contribution is -2.28. The third-order valence-electron chi connectivity index (χ3n) is 4.26. The summed E-state index contributed by atoms with van der Waals surface area (Å²) in [5.74, 6) is 1.07. The molecule has 1 aliphatic rings. The lowest BCUT2D eigenvalue weighted by atomic mass is 10.2. The quantitative estimate of drug-likeness (QED) is 0.810. The zero-order valence-corrected chi connectivity index (χ0v) is 14.3. The van der Waals surface area contributed by atoms with Crippen LogP contribution >= 0.6 is 0 Å². The van der Waals surface area contributed by atoms with E-state index in [9.17, 15) is 4.39 Å². The van der Waals surface area contributed by atoms with Gasteiger partial charge < -0.3 is 13.9 Å². The van der Waals surface area contributed by atoms with Crippen molar-refractivity contribution in [3.63, 3.8) is 0 Å². The van der Waals surface area contributed by atoms with Crippen LogP contribution in [0.1, 0.15) is 24.3 Å². The molecular formula is C18H23FN2O3. The predicted octanol–water partition coefficient (Wildman–Crippen LogP) is 3.41. The molecular weight excluding hydrogens is 311 g/mol. The van der Waals surface area contributed by atoms with E-state index in [-0.39, 0.29) is 0 Å². The second-order valence-electron chi connectivity index (χ2n) is 6.20. The molecule has 1 saturated heterocycles. The van der Waals surface area contributed by atoms with E-state index in [1.54, 1.807) is 12.1 Å². The highest BCUT2D eigenvalue weighted by atomic mass is 19.1. The normalized spacial score (nSPS) is 17.6. The van der Waals surface area contributed by atoms with Crippen LogP contribution in [0, 0.1) is 12.7 Å². The van der Waals surface area contributed by atoms with E-state index < -0.39 is 5.82 Å². The highest BCUT2D eigenvalue weighted by molar-refractivity contribution is 5.56. The Morgan fingerprint density at radius 2 is 2.25 bits per heavy atom. The van der Waals surface area contributed by atoms with E-state index in [2.05, 4.69) is 9.88 Å². The summed E-state index contributed by atoms with van der Waals surface area (Å²) in [4.78, 5) is 6.64. The summed E-state index contributed by atoms with van der Waals surface area (Å²) in [6.07, 6.45) is 2.52. The first-order chi connectivity index (χ1) is 11.6. The van der Waals surface area contributed by atoms with Crippen LogP contribution in [0.25, 0.3) is 11.5 Å². The van der Waals surface area contributed by atoms with Gasteiger partial charge in [0.15, 0.2) is 0 Å². The maximum absolute atomic E-state index is 14.2. The van der Waals surface area contributed by atoms with Crippen LogP contribution in [0.4, 0.5) is 4.39 Å². The summed E-state index contributed by atoms with van der Waals surface area (Å²) in [6.45, 7) is 4.21. The minimum absolute atomic E-state index is 0.292. The van der Waals surface area contributed by atoms with Gasteiger partial charge in [-0.25, -0.2) is 9.37 Å². The first-order valence-electron chi connectivity index (χ1n) is 8.17. The summed E-state index contributed by atoms with van der Waals surface area (Å²) < 4.78 is 30.5. The molecule has 1 aromatic heterocycles. The van der Waals surface area contributed by atoms with Gasteiger partial charge in [-0.3, -0.25) is 4.90 Å². The Kier molecular flexibility index (Phi) is 5.16. The van der Waals surface area contributed by atoms with Crippen LogP contribution in [0.2, 0.25) is 0 Å². The maximum atomic E-state index is 14.2. The lowest BCUT2D eigenvalue weighted by Gasteiger charge is -2.19. The molecule has 0 unspecified atom stereocenters. The molecule has 130 valence electrons. The Hall–Kier alpha value is -1.92. The molecule has 1 atom stereocenters. The predicted molar refractivity (Wildman–Crippen MR) is 88.5 cm³/mol. The number of aromatic nitrogens is 1. The van der Waals surface area contributed by atoms with E-state index in [4.69, 9.17) is 13.9 Å². The van der Waals surface area contributed by atoms with Crippen molar-refractivity contribution in [2.75, 3.05) is 27.3 Å². The van der Waals surface area contributed by atoms with E-state index in [0.717, 1.165) is 31.7 Å². The second-order valence-corrected chi connectivity index (χ2v) is 6.20. The molecule has 0 spiro atoms. The average Bonchev–Trinajstić information content (AvgIpc) is 3.17. The number of methoxy groups -OCH3 is 1. The topological polar surface area (TPSA) is 47.7 Å². The van der Waals surface area contributed by atoms with Crippen LogP contribution < -0.4 is 4.74 Å². The zero-order valence-electron chi connectivity index (χ0n) is 14.3. The van der Waals surface area contributed by atoms with Crippen molar-refractivity contribution < 1.29 is 18.3 Å². The smallest absolute Gasteiger partial charge is 0.229 e. The molecule has 5 nitrogen and oxygen atoms in total. The number of hydrogen-bond donors (Lipinski definition) is 0. The van der Waals surface area contributed by atoms with Crippen molar-refractivity contribution in [3.8, 4) is 17.2 Å². The molecule has 1 fully saturated rings. The number of nitrogens with zero attached hydrogens (tertiary/aromatic N) is 2. The molecule has 1 aromatic carbocycles. The van der Waals surface area contributed by atoms with E-state index in [0.29, 0.717) is 35.6 Å². The average molecular weight is 334 g/mol. The molecule has 0 bridgehead atoms. The SMILES string of the molecule is COc1ccc(-c2nc(CN(C)C[C@H]3CCCO3)c(C)o2)c(F)c1. The molecule has 2 aromatic rings. The minimum Gasteiger partial charge on any atom is -0.497 e. The molecule has 0 radical (unpaired) electrons. The molecule has 0 saturated carbocycles. The number of hydrogen-bond acceptors (Lipinski definition) is 5. The Morgan fingerprint density at radius 3 is 2.92 bits per heavy atom. The van der Waals surface area contributed by atoms with Gasteiger partial charge in [-0.1, -0.05) is 0 Å². The van der Waals surface area contributed by atoms with Crippen LogP contribution in [-0.2, 0) is 11.3 Å². The van der Waals surface area contributed by atoms with Gasteiger partial charge in [0.1, 0.15) is 17.3 Å². The summed E-state index contributed by atoms with van der Waals surface area (Å²) in [5, 5.41) is 0. The van der Waals surface area contributed by atoms with Gasteiger partial charge in [0.2, 0.25) is 5.89 Å². The van der Waals surface area contributed by atoms with E-state index in [1.165, 1.54) is 13.2 Å². The lowest BCUT2D eigenvalue weighted by molar-refractivity contribution is 0.0789. The van der Waals surface area contributed by atoms with Crippen molar-refractivity contribution in [3.05, 3.63) is 35.5 Å². The molecule has 3 rings (SSSR count). The monoisotopic (exact) mass is 334 g/mol. The molecule has 1 aliphatic heterocycles. The molecule has 2 heterocycles. The summed E-state index contributed by atoms with van der Waals surface area (Å²) in [5.41, 5.74) is 1.16. The molecule has 0 aliphatic carbocycles. The number of oxazole rings is 1. The first-order valence-corrected chi connectivity index (χ1v) is 8.17. The van der Waals surface area contributed by atoms with Crippen LogP contribution in [0.3, 0.4) is 0 Å². The van der Waals surface area contributed by atoms with E-state index in [1.807, 2.05) is 14.0 Å². The fourth-order valence-corrected chi connectivity index (χ4v) is 2.94. The van der Waals surface area contributed by atoms with Crippen LogP contribution in [0.5, 0.6) is 5.75 Å². The Morgan fingerprint density at radius 1 is 1.42 bits per heavy atom. The third kappa shape index (κ3) is 3.76. The van der Waals surface area contributed by atoms with Gasteiger partial charge in [-0.15, -0.1) is 0 Å². The zero-order chi connectivity index (χ0) is 17.1. The van der Waals surface area contributed by atoms with Crippen LogP contribution in [0.15, 0.2) is 22.6 Å². The van der Waals surface area contributed by atoms with Crippen LogP contribution in [-0.4, -0.2) is 43.3 Å². The Balaban J connectivity index is 1.72. The number of ether oxygens (including phenoxy) is 2. The van der Waals surface area contributed by atoms with Gasteiger partial charge in [0, 0.05) is 25.8 Å². The molecule has 24 heavy (non-hydrogen) atoms. The number of aryl methyl sites for hydroxylation is 1. The van der Waals surface area contributed by atoms with Gasteiger partial charge >= 0.3 is 0 Å². The third-order valence-corrected chi connectivity index (χ3v) is 4.26. The van der Waals surface area contributed by atoms with Gasteiger partial charge in [-0.05, 0) is 38.9 Å². The number of rotatable bonds is 6. The fourth-order valence-electron chi connectivity index (χ4n) is 2.94. The highest BCUT2D eigenvalue weighted by Gasteiger charge is 2.20.